The first kappa shape index (κ1) is 12.4. The van der Waals surface area contributed by atoms with Gasteiger partial charge in [-0.25, -0.2) is 4.98 Å². The van der Waals surface area contributed by atoms with Crippen molar-refractivity contribution in [2.24, 2.45) is 11.3 Å². The van der Waals surface area contributed by atoms with Crippen molar-refractivity contribution in [2.45, 2.75) is 27.7 Å². The molecule has 0 aliphatic heterocycles. The quantitative estimate of drug-likeness (QED) is 0.871. The minimum absolute atomic E-state index is 0.337. The third-order valence-corrected chi connectivity index (χ3v) is 4.33. The molecule has 92 valence electrons. The Kier molecular flexibility index (Phi) is 3.38. The highest BCUT2D eigenvalue weighted by Crippen LogP contribution is 2.28. The molecule has 1 unspecified atom stereocenters. The Hall–Kier alpha value is -1.09. The summed E-state index contributed by atoms with van der Waals surface area (Å²) in [7, 11) is 0. The summed E-state index contributed by atoms with van der Waals surface area (Å²) >= 11 is 1.73. The van der Waals surface area contributed by atoms with Crippen LogP contribution in [0.15, 0.2) is 24.3 Å². The molecule has 17 heavy (non-hydrogen) atoms. The predicted molar refractivity (Wildman–Crippen MR) is 76.7 cm³/mol. The number of para-hydroxylation sites is 1. The van der Waals surface area contributed by atoms with Crippen LogP contribution in [0.3, 0.4) is 0 Å². The number of fused-ring (bicyclic) bond motifs is 1. The van der Waals surface area contributed by atoms with Crippen LogP contribution in [-0.2, 0) is 0 Å². The molecule has 1 N–H and O–H groups in total. The van der Waals surface area contributed by atoms with E-state index in [4.69, 9.17) is 0 Å². The van der Waals surface area contributed by atoms with Gasteiger partial charge in [-0.05, 0) is 23.5 Å². The van der Waals surface area contributed by atoms with E-state index >= 15 is 0 Å². The minimum atomic E-state index is 0.337. The van der Waals surface area contributed by atoms with Crippen LogP contribution in [0.25, 0.3) is 10.2 Å². The van der Waals surface area contributed by atoms with E-state index in [0.29, 0.717) is 11.3 Å². The Morgan fingerprint density at radius 2 is 2.00 bits per heavy atom. The molecule has 0 amide bonds. The van der Waals surface area contributed by atoms with E-state index in [1.54, 1.807) is 11.3 Å². The van der Waals surface area contributed by atoms with Crippen molar-refractivity contribution in [1.29, 1.82) is 0 Å². The molecule has 0 saturated carbocycles. The predicted octanol–water partition coefficient (Wildman–Crippen LogP) is 4.39. The maximum Gasteiger partial charge on any atom is 0.183 e. The van der Waals surface area contributed by atoms with E-state index in [9.17, 15) is 0 Å². The van der Waals surface area contributed by atoms with E-state index in [2.05, 4.69) is 56.2 Å². The summed E-state index contributed by atoms with van der Waals surface area (Å²) in [6.45, 7) is 10.1. The fourth-order valence-electron chi connectivity index (χ4n) is 1.49. The van der Waals surface area contributed by atoms with E-state index in [0.717, 1.165) is 17.2 Å². The average Bonchev–Trinajstić information content (AvgIpc) is 2.66. The summed E-state index contributed by atoms with van der Waals surface area (Å²) in [5.41, 5.74) is 1.42. The van der Waals surface area contributed by atoms with Crippen molar-refractivity contribution >= 4 is 26.7 Å². The van der Waals surface area contributed by atoms with Crippen molar-refractivity contribution in [2.75, 3.05) is 11.9 Å². The van der Waals surface area contributed by atoms with E-state index in [1.807, 2.05) is 6.07 Å². The lowest BCUT2D eigenvalue weighted by atomic mass is 9.82. The van der Waals surface area contributed by atoms with Gasteiger partial charge in [0.1, 0.15) is 0 Å². The summed E-state index contributed by atoms with van der Waals surface area (Å²) in [6, 6.07) is 8.27. The number of benzene rings is 1. The van der Waals surface area contributed by atoms with Crippen molar-refractivity contribution in [1.82, 2.24) is 4.98 Å². The van der Waals surface area contributed by atoms with E-state index < -0.39 is 0 Å². The number of nitrogens with zero attached hydrogens (tertiary/aromatic N) is 1. The van der Waals surface area contributed by atoms with Crippen molar-refractivity contribution in [3.63, 3.8) is 0 Å². The van der Waals surface area contributed by atoms with Crippen LogP contribution in [-0.4, -0.2) is 11.5 Å². The van der Waals surface area contributed by atoms with Gasteiger partial charge < -0.3 is 5.32 Å². The number of rotatable bonds is 3. The van der Waals surface area contributed by atoms with Gasteiger partial charge in [0.05, 0.1) is 10.2 Å². The highest BCUT2D eigenvalue weighted by atomic mass is 32.1. The van der Waals surface area contributed by atoms with Gasteiger partial charge in [0.2, 0.25) is 0 Å². The largest absolute Gasteiger partial charge is 0.361 e. The summed E-state index contributed by atoms with van der Waals surface area (Å²) in [4.78, 5) is 4.57. The number of hydrogen-bond donors (Lipinski definition) is 1. The third-order valence-electron chi connectivity index (χ3n) is 3.33. The zero-order chi connectivity index (χ0) is 12.5. The van der Waals surface area contributed by atoms with Gasteiger partial charge in [-0.15, -0.1) is 0 Å². The highest BCUT2D eigenvalue weighted by Gasteiger charge is 2.19. The minimum Gasteiger partial charge on any atom is -0.361 e. The first-order valence-electron chi connectivity index (χ1n) is 6.06. The van der Waals surface area contributed by atoms with Gasteiger partial charge in [0.25, 0.3) is 0 Å². The fourth-order valence-corrected chi connectivity index (χ4v) is 2.37. The standard InChI is InChI=1S/C14H20N2S/c1-10(14(2,3)4)9-15-13-16-11-7-5-6-8-12(11)17-13/h5-8,10H,9H2,1-4H3,(H,15,16). The first-order chi connectivity index (χ1) is 7.97. The molecule has 0 saturated heterocycles. The third kappa shape index (κ3) is 2.97. The lowest BCUT2D eigenvalue weighted by Crippen LogP contribution is -2.24. The van der Waals surface area contributed by atoms with Crippen LogP contribution in [0.1, 0.15) is 27.7 Å². The van der Waals surface area contributed by atoms with Gasteiger partial charge in [-0.1, -0.05) is 51.2 Å². The molecule has 2 aromatic rings. The molecular formula is C14H20N2S. The monoisotopic (exact) mass is 248 g/mol. The summed E-state index contributed by atoms with van der Waals surface area (Å²) in [5.74, 6) is 0.620. The number of aromatic nitrogens is 1. The Labute approximate surface area is 107 Å². The molecule has 1 aromatic heterocycles. The molecule has 0 radical (unpaired) electrons. The summed E-state index contributed by atoms with van der Waals surface area (Å²) in [5, 5.41) is 4.48. The number of anilines is 1. The summed E-state index contributed by atoms with van der Waals surface area (Å²) in [6.07, 6.45) is 0. The molecule has 2 rings (SSSR count). The molecule has 0 bridgehead atoms. The smallest absolute Gasteiger partial charge is 0.183 e. The van der Waals surface area contributed by atoms with Crippen LogP contribution < -0.4 is 5.32 Å². The zero-order valence-electron chi connectivity index (χ0n) is 10.9. The first-order valence-corrected chi connectivity index (χ1v) is 6.88. The van der Waals surface area contributed by atoms with Gasteiger partial charge in [-0.3, -0.25) is 0 Å². The molecule has 2 nitrogen and oxygen atoms in total. The molecule has 1 atom stereocenters. The Morgan fingerprint density at radius 3 is 2.65 bits per heavy atom. The number of nitrogens with one attached hydrogen (secondary N) is 1. The maximum atomic E-state index is 4.57. The van der Waals surface area contributed by atoms with Gasteiger partial charge in [0, 0.05) is 6.54 Å². The van der Waals surface area contributed by atoms with Gasteiger partial charge in [0.15, 0.2) is 5.13 Å². The fraction of sp³-hybridized carbons (Fsp3) is 0.500. The molecule has 3 heteroatoms. The SMILES string of the molecule is CC(CNc1nc2ccccc2s1)C(C)(C)C. The van der Waals surface area contributed by atoms with Crippen LogP contribution in [0.5, 0.6) is 0 Å². The van der Waals surface area contributed by atoms with E-state index in [1.165, 1.54) is 4.70 Å². The molecular weight excluding hydrogens is 228 g/mol. The van der Waals surface area contributed by atoms with Crippen LogP contribution in [0.4, 0.5) is 5.13 Å². The topological polar surface area (TPSA) is 24.9 Å². The lowest BCUT2D eigenvalue weighted by molar-refractivity contribution is 0.274. The van der Waals surface area contributed by atoms with Gasteiger partial charge in [-0.2, -0.15) is 0 Å². The molecule has 0 aliphatic rings. The molecule has 0 aliphatic carbocycles. The second-order valence-electron chi connectivity index (χ2n) is 5.63. The normalized spacial score (nSPS) is 13.9. The number of thiazole rings is 1. The van der Waals surface area contributed by atoms with Crippen molar-refractivity contribution in [3.8, 4) is 0 Å². The van der Waals surface area contributed by atoms with Crippen LogP contribution in [0.2, 0.25) is 0 Å². The van der Waals surface area contributed by atoms with Crippen molar-refractivity contribution in [3.05, 3.63) is 24.3 Å². The van der Waals surface area contributed by atoms with Crippen LogP contribution >= 0.6 is 11.3 Å². The Bertz CT molecular complexity index is 463. The second kappa shape index (κ2) is 4.65. The summed E-state index contributed by atoms with van der Waals surface area (Å²) < 4.78 is 1.25. The maximum absolute atomic E-state index is 4.57. The van der Waals surface area contributed by atoms with Crippen LogP contribution in [0, 0.1) is 11.3 Å². The number of hydrogen-bond acceptors (Lipinski definition) is 3. The zero-order valence-corrected chi connectivity index (χ0v) is 11.8. The lowest BCUT2D eigenvalue weighted by Gasteiger charge is -2.27. The van der Waals surface area contributed by atoms with Gasteiger partial charge >= 0.3 is 0 Å². The molecule has 1 aromatic carbocycles. The Morgan fingerprint density at radius 1 is 1.29 bits per heavy atom. The molecule has 1 heterocycles. The second-order valence-corrected chi connectivity index (χ2v) is 6.67. The van der Waals surface area contributed by atoms with E-state index in [-0.39, 0.29) is 0 Å². The molecule has 0 fully saturated rings. The van der Waals surface area contributed by atoms with Crippen molar-refractivity contribution < 1.29 is 0 Å². The molecule has 0 spiro atoms. The highest BCUT2D eigenvalue weighted by molar-refractivity contribution is 7.22. The average molecular weight is 248 g/mol. The Balaban J connectivity index is 2.04.